The van der Waals surface area contributed by atoms with E-state index < -0.39 is 46.9 Å². The molecule has 2 aromatic carbocycles. The lowest BCUT2D eigenvalue weighted by Gasteiger charge is -2.29. The van der Waals surface area contributed by atoms with Crippen LogP contribution >= 0.6 is 0 Å². The van der Waals surface area contributed by atoms with Crippen LogP contribution in [0.15, 0.2) is 51.7 Å². The molecule has 3 heterocycles. The number of carbonyl (C=O) groups is 1. The van der Waals surface area contributed by atoms with Gasteiger partial charge in [0.25, 0.3) is 0 Å². The average molecular weight is 512 g/mol. The van der Waals surface area contributed by atoms with Gasteiger partial charge in [0.1, 0.15) is 12.4 Å². The van der Waals surface area contributed by atoms with Gasteiger partial charge in [0.2, 0.25) is 17.1 Å². The average Bonchev–Trinajstić information content (AvgIpc) is 3.25. The number of para-hydroxylation sites is 1. The Kier molecular flexibility index (Phi) is 6.51. The molecule has 0 radical (unpaired) electrons. The first-order chi connectivity index (χ1) is 17.8. The number of nitrogens with zero attached hydrogens (tertiary/aromatic N) is 1. The van der Waals surface area contributed by atoms with Crippen molar-refractivity contribution in [2.24, 2.45) is 0 Å². The van der Waals surface area contributed by atoms with Crippen LogP contribution in [0.2, 0.25) is 0 Å². The molecule has 1 atom stereocenters. The number of carbonyl (C=O) groups excluding carboxylic acids is 1. The Morgan fingerprint density at radius 3 is 2.65 bits per heavy atom. The number of H-pyrrole nitrogens is 1. The van der Waals surface area contributed by atoms with Crippen molar-refractivity contribution in [1.29, 1.82) is 0 Å². The minimum atomic E-state index is -1.67. The summed E-state index contributed by atoms with van der Waals surface area (Å²) in [6.07, 6.45) is 0.201. The van der Waals surface area contributed by atoms with E-state index in [1.807, 2.05) is 24.3 Å². The number of fused-ring (bicyclic) bond motifs is 3. The molecule has 192 valence electrons. The largest absolute Gasteiger partial charge is 0.502 e. The van der Waals surface area contributed by atoms with E-state index in [0.29, 0.717) is 13.0 Å². The van der Waals surface area contributed by atoms with Gasteiger partial charge in [0.05, 0.1) is 12.5 Å². The van der Waals surface area contributed by atoms with E-state index in [9.17, 15) is 27.9 Å². The predicted octanol–water partition coefficient (Wildman–Crippen LogP) is 4.50. The molecule has 7 nitrogen and oxygen atoms in total. The molecule has 2 N–H and O–H groups in total. The number of ether oxygens (including phenoxy) is 1. The zero-order chi connectivity index (χ0) is 26.3. The topological polar surface area (TPSA) is 95.8 Å². The van der Waals surface area contributed by atoms with Crippen LogP contribution in [0.3, 0.4) is 0 Å². The van der Waals surface area contributed by atoms with Crippen LogP contribution < -0.4 is 5.43 Å². The lowest BCUT2D eigenvalue weighted by molar-refractivity contribution is -0.132. The van der Waals surface area contributed by atoms with Gasteiger partial charge in [-0.1, -0.05) is 18.2 Å². The van der Waals surface area contributed by atoms with E-state index >= 15 is 0 Å². The zero-order valence-corrected chi connectivity index (χ0v) is 19.8. The number of hydrogen-bond acceptors (Lipinski definition) is 5. The SMILES string of the molecule is COCc1cc(=O)c(O)c([C@@H](CC(=O)N2CCc3c([nH]c4ccccc34)C2)c2cc(F)c(F)c(F)c2)o1. The van der Waals surface area contributed by atoms with E-state index in [-0.39, 0.29) is 30.2 Å². The van der Waals surface area contributed by atoms with Gasteiger partial charge in [0.15, 0.2) is 23.2 Å². The highest BCUT2D eigenvalue weighted by Crippen LogP contribution is 2.36. The van der Waals surface area contributed by atoms with Gasteiger partial charge in [-0.05, 0) is 35.7 Å². The van der Waals surface area contributed by atoms with Gasteiger partial charge in [-0.3, -0.25) is 9.59 Å². The second kappa shape index (κ2) is 9.78. The zero-order valence-electron chi connectivity index (χ0n) is 19.8. The maximum Gasteiger partial charge on any atom is 0.227 e. The normalized spacial score (nSPS) is 14.1. The Hall–Kier alpha value is -4.05. The Morgan fingerprint density at radius 2 is 1.92 bits per heavy atom. The van der Waals surface area contributed by atoms with Crippen molar-refractivity contribution in [3.05, 3.63) is 98.5 Å². The minimum absolute atomic E-state index is 0.0431. The number of amides is 1. The Bertz CT molecular complexity index is 1540. The Balaban J connectivity index is 1.51. The van der Waals surface area contributed by atoms with Gasteiger partial charge in [0, 0.05) is 42.7 Å². The fourth-order valence-electron chi connectivity index (χ4n) is 4.85. The van der Waals surface area contributed by atoms with Crippen LogP contribution in [0.25, 0.3) is 10.9 Å². The van der Waals surface area contributed by atoms with E-state index in [4.69, 9.17) is 9.15 Å². The van der Waals surface area contributed by atoms with Crippen LogP contribution in [0, 0.1) is 17.5 Å². The lowest BCUT2D eigenvalue weighted by Crippen LogP contribution is -2.36. The molecule has 4 aromatic rings. The van der Waals surface area contributed by atoms with Gasteiger partial charge in [-0.15, -0.1) is 0 Å². The third-order valence-electron chi connectivity index (χ3n) is 6.63. The molecule has 0 saturated carbocycles. The first-order valence-corrected chi connectivity index (χ1v) is 11.6. The number of methoxy groups -OCH3 is 1. The van der Waals surface area contributed by atoms with Gasteiger partial charge < -0.3 is 24.1 Å². The molecule has 0 saturated heterocycles. The van der Waals surface area contributed by atoms with E-state index in [0.717, 1.165) is 40.4 Å². The minimum Gasteiger partial charge on any atom is -0.502 e. The molecule has 0 unspecified atom stereocenters. The van der Waals surface area contributed by atoms with E-state index in [1.54, 1.807) is 4.90 Å². The number of hydrogen-bond donors (Lipinski definition) is 2. The van der Waals surface area contributed by atoms with Crippen molar-refractivity contribution >= 4 is 16.8 Å². The summed E-state index contributed by atoms with van der Waals surface area (Å²) in [5.41, 5.74) is 1.98. The highest BCUT2D eigenvalue weighted by molar-refractivity contribution is 5.86. The van der Waals surface area contributed by atoms with Crippen LogP contribution in [0.1, 0.15) is 40.7 Å². The highest BCUT2D eigenvalue weighted by Gasteiger charge is 2.31. The summed E-state index contributed by atoms with van der Waals surface area (Å²) in [5.74, 6) is -7.41. The molecule has 0 spiro atoms. The molecular formula is C27H23F3N2O5. The molecule has 1 amide bonds. The molecule has 5 rings (SSSR count). The number of rotatable bonds is 6. The third kappa shape index (κ3) is 4.60. The monoisotopic (exact) mass is 512 g/mol. The molecular weight excluding hydrogens is 489 g/mol. The molecule has 10 heteroatoms. The predicted molar refractivity (Wildman–Crippen MR) is 128 cm³/mol. The van der Waals surface area contributed by atoms with E-state index in [2.05, 4.69) is 4.98 Å². The molecule has 37 heavy (non-hydrogen) atoms. The van der Waals surface area contributed by atoms with Gasteiger partial charge in [-0.25, -0.2) is 13.2 Å². The van der Waals surface area contributed by atoms with E-state index in [1.165, 1.54) is 7.11 Å². The lowest BCUT2D eigenvalue weighted by atomic mass is 9.90. The fourth-order valence-corrected chi connectivity index (χ4v) is 4.85. The van der Waals surface area contributed by atoms with Crippen LogP contribution in [0.5, 0.6) is 5.75 Å². The number of nitrogens with one attached hydrogen (secondary N) is 1. The summed E-state index contributed by atoms with van der Waals surface area (Å²) in [5, 5.41) is 11.6. The van der Waals surface area contributed by atoms with Crippen molar-refractivity contribution in [3.8, 4) is 5.75 Å². The van der Waals surface area contributed by atoms with Crippen LogP contribution in [0.4, 0.5) is 13.2 Å². The van der Waals surface area contributed by atoms with Crippen LogP contribution in [-0.2, 0) is 29.1 Å². The first-order valence-electron chi connectivity index (χ1n) is 11.6. The first kappa shape index (κ1) is 24.6. The maximum absolute atomic E-state index is 14.2. The summed E-state index contributed by atoms with van der Waals surface area (Å²) in [4.78, 5) is 30.8. The molecule has 1 aliphatic heterocycles. The Labute approximate surface area is 209 Å². The summed E-state index contributed by atoms with van der Waals surface area (Å²) < 4.78 is 52.7. The summed E-state index contributed by atoms with van der Waals surface area (Å²) in [6, 6.07) is 10.3. The van der Waals surface area contributed by atoms with Crippen molar-refractivity contribution in [3.63, 3.8) is 0 Å². The van der Waals surface area contributed by atoms with Crippen molar-refractivity contribution < 1.29 is 32.2 Å². The second-order valence-corrected chi connectivity index (χ2v) is 8.97. The quantitative estimate of drug-likeness (QED) is 0.371. The van der Waals surface area contributed by atoms with Gasteiger partial charge in [-0.2, -0.15) is 0 Å². The van der Waals surface area contributed by atoms with Gasteiger partial charge >= 0.3 is 0 Å². The van der Waals surface area contributed by atoms with Crippen LogP contribution in [-0.4, -0.2) is 34.6 Å². The maximum atomic E-state index is 14.2. The number of benzene rings is 2. The smallest absolute Gasteiger partial charge is 0.227 e. The van der Waals surface area contributed by atoms with Crippen molar-refractivity contribution in [2.45, 2.75) is 31.9 Å². The fraction of sp³-hybridized carbons (Fsp3) is 0.259. The molecule has 1 aliphatic rings. The third-order valence-corrected chi connectivity index (χ3v) is 6.63. The number of aromatic nitrogens is 1. The summed E-state index contributed by atoms with van der Waals surface area (Å²) >= 11 is 0. The highest BCUT2D eigenvalue weighted by atomic mass is 19.2. The Morgan fingerprint density at radius 1 is 1.19 bits per heavy atom. The standard InChI is InChI=1S/C27H23F3N2O5/c1-36-13-15-10-23(33)26(35)27(37-15)18(14-8-19(28)25(30)20(29)9-14)11-24(34)32-7-6-17-16-4-2-3-5-21(16)31-22(17)12-32/h2-5,8-10,18,31,35H,6-7,11-13H2,1H3/t18-/m0/s1. The molecule has 2 aromatic heterocycles. The summed E-state index contributed by atoms with van der Waals surface area (Å²) in [6.45, 7) is 0.554. The number of aromatic hydroxyl groups is 1. The number of halogens is 3. The number of aromatic amines is 1. The van der Waals surface area contributed by atoms with Crippen molar-refractivity contribution in [2.75, 3.05) is 13.7 Å². The summed E-state index contributed by atoms with van der Waals surface area (Å²) in [7, 11) is 1.37. The molecule has 0 aliphatic carbocycles. The second-order valence-electron chi connectivity index (χ2n) is 8.97. The molecule has 0 fully saturated rings. The van der Waals surface area contributed by atoms with Crippen molar-refractivity contribution in [1.82, 2.24) is 9.88 Å². The molecule has 0 bridgehead atoms.